The summed E-state index contributed by atoms with van der Waals surface area (Å²) in [5.41, 5.74) is 17.8. The van der Waals surface area contributed by atoms with Gasteiger partial charge in [-0.15, -0.1) is 0 Å². The molecule has 0 radical (unpaired) electrons. The minimum absolute atomic E-state index is 0.0217. The largest absolute Gasteiger partial charge is 0.323 e. The fourth-order valence-corrected chi connectivity index (χ4v) is 2.64. The second kappa shape index (κ2) is 4.07. The Morgan fingerprint density at radius 1 is 1.11 bits per heavy atom. The number of hydrogen-bond acceptors (Lipinski definition) is 2. The van der Waals surface area contributed by atoms with Gasteiger partial charge in [0.25, 0.3) is 0 Å². The van der Waals surface area contributed by atoms with E-state index in [0.717, 1.165) is 12.8 Å². The molecule has 0 spiro atoms. The maximum atomic E-state index is 6.37. The second-order valence-electron chi connectivity index (χ2n) is 6.98. The molecule has 2 nitrogen and oxygen atoms in total. The molecular weight excluding hydrogens is 220 g/mol. The summed E-state index contributed by atoms with van der Waals surface area (Å²) in [5.74, 6) is 0. The molecule has 0 saturated heterocycles. The Bertz CT molecular complexity index is 441. The van der Waals surface area contributed by atoms with Crippen LogP contribution in [0.1, 0.15) is 61.9 Å². The average Bonchev–Trinajstić information content (AvgIpc) is 2.95. The van der Waals surface area contributed by atoms with E-state index in [2.05, 4.69) is 46.8 Å². The standard InChI is InChI=1S/C16H26N2/c1-10-8-12(15(3,4)5)9-11(2)13(10)14(17)16(18)6-7-16/h8-9,14H,6-7,17-18H2,1-5H3. The van der Waals surface area contributed by atoms with Crippen molar-refractivity contribution >= 4 is 0 Å². The molecule has 0 bridgehead atoms. The van der Waals surface area contributed by atoms with Gasteiger partial charge < -0.3 is 11.5 Å². The monoisotopic (exact) mass is 246 g/mol. The Morgan fingerprint density at radius 2 is 1.56 bits per heavy atom. The molecule has 2 rings (SSSR count). The fraction of sp³-hybridized carbons (Fsp3) is 0.625. The molecule has 0 heterocycles. The molecule has 1 aliphatic carbocycles. The number of benzene rings is 1. The van der Waals surface area contributed by atoms with Crippen LogP contribution in [0.3, 0.4) is 0 Å². The van der Waals surface area contributed by atoms with E-state index in [-0.39, 0.29) is 17.0 Å². The van der Waals surface area contributed by atoms with Crippen LogP contribution in [-0.4, -0.2) is 5.54 Å². The van der Waals surface area contributed by atoms with Crippen LogP contribution in [0.2, 0.25) is 0 Å². The van der Waals surface area contributed by atoms with Crippen molar-refractivity contribution in [2.75, 3.05) is 0 Å². The van der Waals surface area contributed by atoms with Gasteiger partial charge in [0.15, 0.2) is 0 Å². The third kappa shape index (κ3) is 2.32. The molecule has 18 heavy (non-hydrogen) atoms. The Labute approximate surface area is 111 Å². The van der Waals surface area contributed by atoms with Crippen LogP contribution in [-0.2, 0) is 5.41 Å². The first-order valence-electron chi connectivity index (χ1n) is 6.81. The minimum atomic E-state index is -0.154. The molecule has 1 aromatic carbocycles. The van der Waals surface area contributed by atoms with Crippen LogP contribution >= 0.6 is 0 Å². The summed E-state index contributed by atoms with van der Waals surface area (Å²) >= 11 is 0. The lowest BCUT2D eigenvalue weighted by molar-refractivity contribution is 0.529. The summed E-state index contributed by atoms with van der Waals surface area (Å²) < 4.78 is 0. The molecule has 1 fully saturated rings. The molecule has 4 N–H and O–H groups in total. The van der Waals surface area contributed by atoms with Gasteiger partial charge in [0.2, 0.25) is 0 Å². The predicted molar refractivity (Wildman–Crippen MR) is 77.7 cm³/mol. The quantitative estimate of drug-likeness (QED) is 0.842. The van der Waals surface area contributed by atoms with Gasteiger partial charge in [0.1, 0.15) is 0 Å². The molecule has 0 amide bonds. The van der Waals surface area contributed by atoms with Gasteiger partial charge in [0, 0.05) is 11.6 Å². The maximum absolute atomic E-state index is 6.37. The number of aryl methyl sites for hydroxylation is 2. The van der Waals surface area contributed by atoms with Gasteiger partial charge in [0.05, 0.1) is 0 Å². The highest BCUT2D eigenvalue weighted by Gasteiger charge is 2.45. The van der Waals surface area contributed by atoms with Gasteiger partial charge in [-0.2, -0.15) is 0 Å². The molecule has 1 aliphatic rings. The first-order chi connectivity index (χ1) is 8.15. The molecule has 0 aliphatic heterocycles. The van der Waals surface area contributed by atoms with Crippen molar-refractivity contribution in [1.29, 1.82) is 0 Å². The van der Waals surface area contributed by atoms with Gasteiger partial charge in [-0.25, -0.2) is 0 Å². The summed E-state index contributed by atoms with van der Waals surface area (Å²) in [7, 11) is 0. The highest BCUT2D eigenvalue weighted by Crippen LogP contribution is 2.44. The lowest BCUT2D eigenvalue weighted by Crippen LogP contribution is -2.37. The van der Waals surface area contributed by atoms with Gasteiger partial charge in [-0.3, -0.25) is 0 Å². The molecule has 1 aromatic rings. The average molecular weight is 246 g/mol. The predicted octanol–water partition coefficient (Wildman–Crippen LogP) is 3.09. The highest BCUT2D eigenvalue weighted by molar-refractivity contribution is 5.44. The van der Waals surface area contributed by atoms with Gasteiger partial charge in [-0.1, -0.05) is 32.9 Å². The smallest absolute Gasteiger partial charge is 0.0483 e. The summed E-state index contributed by atoms with van der Waals surface area (Å²) in [4.78, 5) is 0. The van der Waals surface area contributed by atoms with Crippen LogP contribution in [0.4, 0.5) is 0 Å². The second-order valence-corrected chi connectivity index (χ2v) is 6.98. The zero-order valence-electron chi connectivity index (χ0n) is 12.3. The first kappa shape index (κ1) is 13.6. The molecule has 1 atom stereocenters. The van der Waals surface area contributed by atoms with Crippen molar-refractivity contribution in [2.45, 2.75) is 64.5 Å². The van der Waals surface area contributed by atoms with Crippen molar-refractivity contribution in [3.05, 3.63) is 34.4 Å². The van der Waals surface area contributed by atoms with E-state index in [1.807, 2.05) is 0 Å². The normalized spacial score (nSPS) is 19.7. The van der Waals surface area contributed by atoms with Crippen LogP contribution < -0.4 is 11.5 Å². The van der Waals surface area contributed by atoms with E-state index in [0.29, 0.717) is 0 Å². The van der Waals surface area contributed by atoms with Crippen molar-refractivity contribution in [2.24, 2.45) is 11.5 Å². The summed E-state index contributed by atoms with van der Waals surface area (Å²) in [6.07, 6.45) is 2.10. The zero-order chi connectivity index (χ0) is 13.7. The molecule has 1 unspecified atom stereocenters. The van der Waals surface area contributed by atoms with Crippen molar-refractivity contribution in [3.8, 4) is 0 Å². The molecule has 1 saturated carbocycles. The maximum Gasteiger partial charge on any atom is 0.0483 e. The first-order valence-corrected chi connectivity index (χ1v) is 6.81. The lowest BCUT2D eigenvalue weighted by atomic mass is 9.81. The Hall–Kier alpha value is -0.860. The Balaban J connectivity index is 2.44. The van der Waals surface area contributed by atoms with Crippen molar-refractivity contribution < 1.29 is 0 Å². The minimum Gasteiger partial charge on any atom is -0.323 e. The molecule has 0 aromatic heterocycles. The SMILES string of the molecule is Cc1cc(C(C)(C)C)cc(C)c1C(N)C1(N)CC1. The zero-order valence-corrected chi connectivity index (χ0v) is 12.3. The van der Waals surface area contributed by atoms with Gasteiger partial charge >= 0.3 is 0 Å². The van der Waals surface area contributed by atoms with E-state index in [1.54, 1.807) is 0 Å². The van der Waals surface area contributed by atoms with Gasteiger partial charge in [-0.05, 0) is 54.4 Å². The Kier molecular flexibility index (Phi) is 3.07. The van der Waals surface area contributed by atoms with E-state index >= 15 is 0 Å². The third-order valence-corrected chi connectivity index (χ3v) is 4.22. The van der Waals surface area contributed by atoms with Crippen molar-refractivity contribution in [1.82, 2.24) is 0 Å². The lowest BCUT2D eigenvalue weighted by Gasteiger charge is -2.27. The van der Waals surface area contributed by atoms with Crippen LogP contribution in [0.5, 0.6) is 0 Å². The van der Waals surface area contributed by atoms with Crippen LogP contribution in [0, 0.1) is 13.8 Å². The highest BCUT2D eigenvalue weighted by atomic mass is 14.9. The summed E-state index contributed by atoms with van der Waals surface area (Å²) in [6.45, 7) is 11.0. The van der Waals surface area contributed by atoms with E-state index in [9.17, 15) is 0 Å². The fourth-order valence-electron chi connectivity index (χ4n) is 2.64. The topological polar surface area (TPSA) is 52.0 Å². The number of hydrogen-bond donors (Lipinski definition) is 2. The van der Waals surface area contributed by atoms with E-state index in [4.69, 9.17) is 11.5 Å². The number of rotatable bonds is 2. The van der Waals surface area contributed by atoms with Crippen LogP contribution in [0.15, 0.2) is 12.1 Å². The van der Waals surface area contributed by atoms with E-state index in [1.165, 1.54) is 22.3 Å². The van der Waals surface area contributed by atoms with Crippen LogP contribution in [0.25, 0.3) is 0 Å². The summed E-state index contributed by atoms with van der Waals surface area (Å²) in [5, 5.41) is 0. The molecular formula is C16H26N2. The van der Waals surface area contributed by atoms with E-state index < -0.39 is 0 Å². The summed E-state index contributed by atoms with van der Waals surface area (Å²) in [6, 6.07) is 4.52. The molecule has 100 valence electrons. The number of nitrogens with two attached hydrogens (primary N) is 2. The molecule has 2 heteroatoms. The van der Waals surface area contributed by atoms with Crippen molar-refractivity contribution in [3.63, 3.8) is 0 Å². The third-order valence-electron chi connectivity index (χ3n) is 4.22. The Morgan fingerprint density at radius 3 is 1.89 bits per heavy atom.